The number of nitrogens with two attached hydrogens (primary N) is 1. The van der Waals surface area contributed by atoms with Gasteiger partial charge in [-0.05, 0) is 29.8 Å². The molecule has 0 aliphatic carbocycles. The number of H-pyrrole nitrogens is 1. The summed E-state index contributed by atoms with van der Waals surface area (Å²) in [5.74, 6) is 0.757. The number of hydrogen-bond donors (Lipinski definition) is 2. The molecule has 0 spiro atoms. The summed E-state index contributed by atoms with van der Waals surface area (Å²) in [7, 11) is 1.62. The molecule has 98 valence electrons. The average molecular weight is 263 g/mol. The lowest BCUT2D eigenvalue weighted by Crippen LogP contribution is -1.85. The second-order valence-electron chi connectivity index (χ2n) is 4.52. The maximum Gasteiger partial charge on any atom is 0.120 e. The van der Waals surface area contributed by atoms with Crippen LogP contribution in [0.25, 0.3) is 22.2 Å². The van der Waals surface area contributed by atoms with E-state index in [9.17, 15) is 5.26 Å². The first-order valence-corrected chi connectivity index (χ1v) is 6.18. The van der Waals surface area contributed by atoms with Crippen molar-refractivity contribution < 1.29 is 4.74 Å². The Morgan fingerprint density at radius 3 is 2.55 bits per heavy atom. The Hall–Kier alpha value is -2.93. The number of nitriles is 1. The molecule has 4 nitrogen and oxygen atoms in total. The van der Waals surface area contributed by atoms with Gasteiger partial charge in [0.05, 0.1) is 23.9 Å². The second kappa shape index (κ2) is 4.63. The van der Waals surface area contributed by atoms with Crippen LogP contribution in [0.3, 0.4) is 0 Å². The Labute approximate surface area is 116 Å². The normalized spacial score (nSPS) is 10.4. The molecule has 4 heteroatoms. The third-order valence-electron chi connectivity index (χ3n) is 3.32. The third kappa shape index (κ3) is 1.86. The first kappa shape index (κ1) is 12.1. The highest BCUT2D eigenvalue weighted by Crippen LogP contribution is 2.31. The zero-order chi connectivity index (χ0) is 14.1. The van der Waals surface area contributed by atoms with Crippen LogP contribution < -0.4 is 10.5 Å². The van der Waals surface area contributed by atoms with Gasteiger partial charge in [-0.3, -0.25) is 0 Å². The van der Waals surface area contributed by atoms with Crippen molar-refractivity contribution in [1.29, 1.82) is 5.26 Å². The number of aromatic amines is 1. The van der Waals surface area contributed by atoms with E-state index in [1.807, 2.05) is 42.5 Å². The average Bonchev–Trinajstić information content (AvgIpc) is 2.85. The third-order valence-corrected chi connectivity index (χ3v) is 3.32. The number of rotatable bonds is 2. The summed E-state index contributed by atoms with van der Waals surface area (Å²) < 4.78 is 5.21. The minimum atomic E-state index is 0.632. The summed E-state index contributed by atoms with van der Waals surface area (Å²) in [4.78, 5) is 3.28. The molecule has 0 aliphatic rings. The van der Waals surface area contributed by atoms with E-state index in [0.717, 1.165) is 27.9 Å². The van der Waals surface area contributed by atoms with E-state index in [-0.39, 0.29) is 0 Å². The Bertz CT molecular complexity index is 810. The predicted octanol–water partition coefficient (Wildman–Crippen LogP) is 3.30. The number of nitrogens with one attached hydrogen (secondary N) is 1. The van der Waals surface area contributed by atoms with Gasteiger partial charge in [0.15, 0.2) is 0 Å². The van der Waals surface area contributed by atoms with Crippen LogP contribution in [0.5, 0.6) is 5.75 Å². The van der Waals surface area contributed by atoms with Crippen molar-refractivity contribution in [3.8, 4) is 23.1 Å². The van der Waals surface area contributed by atoms with Gasteiger partial charge in [-0.2, -0.15) is 5.26 Å². The highest BCUT2D eigenvalue weighted by atomic mass is 16.5. The summed E-state index contributed by atoms with van der Waals surface area (Å²) in [5.41, 5.74) is 9.65. The van der Waals surface area contributed by atoms with Crippen LogP contribution in [0.4, 0.5) is 5.69 Å². The lowest BCUT2D eigenvalue weighted by atomic mass is 10.1. The van der Waals surface area contributed by atoms with Gasteiger partial charge >= 0.3 is 0 Å². The monoisotopic (exact) mass is 263 g/mol. The Kier molecular flexibility index (Phi) is 2.81. The fourth-order valence-electron chi connectivity index (χ4n) is 2.29. The maximum atomic E-state index is 9.42. The molecule has 20 heavy (non-hydrogen) atoms. The number of anilines is 1. The highest BCUT2D eigenvalue weighted by molar-refractivity contribution is 5.94. The molecule has 0 radical (unpaired) electrons. The molecule has 0 saturated carbocycles. The molecule has 0 amide bonds. The molecule has 0 fully saturated rings. The smallest absolute Gasteiger partial charge is 0.120 e. The minimum absolute atomic E-state index is 0.632. The van der Waals surface area contributed by atoms with E-state index in [2.05, 4.69) is 11.1 Å². The van der Waals surface area contributed by atoms with Crippen LogP contribution in [0.1, 0.15) is 5.56 Å². The number of nitrogens with zero attached hydrogens (tertiary/aromatic N) is 1. The summed E-state index contributed by atoms with van der Waals surface area (Å²) in [6.45, 7) is 0. The van der Waals surface area contributed by atoms with Gasteiger partial charge in [0.2, 0.25) is 0 Å². The largest absolute Gasteiger partial charge is 0.497 e. The Balaban J connectivity index is 2.25. The Morgan fingerprint density at radius 2 is 1.90 bits per heavy atom. The van der Waals surface area contributed by atoms with E-state index < -0.39 is 0 Å². The Morgan fingerprint density at radius 1 is 1.15 bits per heavy atom. The molecule has 0 atom stereocenters. The van der Waals surface area contributed by atoms with Gasteiger partial charge in [-0.15, -0.1) is 0 Å². The SMILES string of the molecule is COc1ccc2c(C#N)c(-c3ccc(N)cc3)[nH]c2c1. The fraction of sp³-hybridized carbons (Fsp3) is 0.0625. The van der Waals surface area contributed by atoms with E-state index in [1.54, 1.807) is 7.11 Å². The van der Waals surface area contributed by atoms with Crippen molar-refractivity contribution in [3.63, 3.8) is 0 Å². The number of methoxy groups -OCH3 is 1. The van der Waals surface area contributed by atoms with Gasteiger partial charge in [-0.1, -0.05) is 12.1 Å². The molecule has 0 saturated heterocycles. The van der Waals surface area contributed by atoms with E-state index >= 15 is 0 Å². The van der Waals surface area contributed by atoms with Gasteiger partial charge in [0, 0.05) is 17.1 Å². The van der Waals surface area contributed by atoms with Crippen molar-refractivity contribution in [2.75, 3.05) is 12.8 Å². The number of aromatic nitrogens is 1. The van der Waals surface area contributed by atoms with Gasteiger partial charge in [-0.25, -0.2) is 0 Å². The van der Waals surface area contributed by atoms with Crippen LogP contribution in [0.15, 0.2) is 42.5 Å². The van der Waals surface area contributed by atoms with E-state index in [4.69, 9.17) is 10.5 Å². The second-order valence-corrected chi connectivity index (χ2v) is 4.52. The van der Waals surface area contributed by atoms with Crippen molar-refractivity contribution in [2.45, 2.75) is 0 Å². The molecule has 2 aromatic carbocycles. The number of hydrogen-bond acceptors (Lipinski definition) is 3. The van der Waals surface area contributed by atoms with Crippen LogP contribution >= 0.6 is 0 Å². The number of nitrogen functional groups attached to an aromatic ring is 1. The molecular weight excluding hydrogens is 250 g/mol. The topological polar surface area (TPSA) is 74.8 Å². The fourth-order valence-corrected chi connectivity index (χ4v) is 2.29. The zero-order valence-electron chi connectivity index (χ0n) is 11.0. The van der Waals surface area contributed by atoms with Crippen LogP contribution in [-0.2, 0) is 0 Å². The number of ether oxygens (including phenoxy) is 1. The molecule has 3 rings (SSSR count). The van der Waals surface area contributed by atoms with E-state index in [1.165, 1.54) is 0 Å². The number of fused-ring (bicyclic) bond motifs is 1. The summed E-state index contributed by atoms with van der Waals surface area (Å²) in [5, 5.41) is 10.3. The quantitative estimate of drug-likeness (QED) is 0.696. The maximum absolute atomic E-state index is 9.42. The molecule has 1 aromatic heterocycles. The van der Waals surface area contributed by atoms with Gasteiger partial charge in [0.25, 0.3) is 0 Å². The number of benzene rings is 2. The van der Waals surface area contributed by atoms with Gasteiger partial charge < -0.3 is 15.5 Å². The highest BCUT2D eigenvalue weighted by Gasteiger charge is 2.13. The summed E-state index contributed by atoms with van der Waals surface area (Å²) in [6.07, 6.45) is 0. The molecule has 3 N–H and O–H groups in total. The summed E-state index contributed by atoms with van der Waals surface area (Å²) >= 11 is 0. The molecule has 0 bridgehead atoms. The van der Waals surface area contributed by atoms with E-state index in [0.29, 0.717) is 11.3 Å². The van der Waals surface area contributed by atoms with Crippen LogP contribution in [-0.4, -0.2) is 12.1 Å². The van der Waals surface area contributed by atoms with Gasteiger partial charge in [0.1, 0.15) is 11.8 Å². The predicted molar refractivity (Wildman–Crippen MR) is 79.4 cm³/mol. The minimum Gasteiger partial charge on any atom is -0.497 e. The van der Waals surface area contributed by atoms with Crippen LogP contribution in [0, 0.1) is 11.3 Å². The molecular formula is C16H13N3O. The lowest BCUT2D eigenvalue weighted by Gasteiger charge is -1.99. The molecule has 3 aromatic rings. The van der Waals surface area contributed by atoms with Crippen molar-refractivity contribution in [3.05, 3.63) is 48.0 Å². The first-order valence-electron chi connectivity index (χ1n) is 6.18. The summed E-state index contributed by atoms with van der Waals surface area (Å²) in [6, 6.07) is 15.3. The standard InChI is InChI=1S/C16H13N3O/c1-20-12-6-7-13-14(9-17)16(19-15(13)8-12)10-2-4-11(18)5-3-10/h2-8,19H,18H2,1H3. The van der Waals surface area contributed by atoms with Crippen molar-refractivity contribution >= 4 is 16.6 Å². The first-order chi connectivity index (χ1) is 9.72. The molecule has 1 heterocycles. The molecule has 0 aliphatic heterocycles. The van der Waals surface area contributed by atoms with Crippen molar-refractivity contribution in [2.24, 2.45) is 0 Å². The van der Waals surface area contributed by atoms with Crippen LogP contribution in [0.2, 0.25) is 0 Å². The van der Waals surface area contributed by atoms with Crippen molar-refractivity contribution in [1.82, 2.24) is 4.98 Å². The lowest BCUT2D eigenvalue weighted by molar-refractivity contribution is 0.415. The molecule has 0 unspecified atom stereocenters. The zero-order valence-corrected chi connectivity index (χ0v) is 11.0.